The van der Waals surface area contributed by atoms with E-state index in [0.717, 1.165) is 38.0 Å². The third-order valence-electron chi connectivity index (χ3n) is 4.36. The fourth-order valence-corrected chi connectivity index (χ4v) is 3.34. The van der Waals surface area contributed by atoms with Crippen molar-refractivity contribution in [2.45, 2.75) is 39.3 Å². The summed E-state index contributed by atoms with van der Waals surface area (Å²) in [6.07, 6.45) is 6.35. The smallest absolute Gasteiger partial charge is 0.253 e. The lowest BCUT2D eigenvalue weighted by atomic mass is 9.94. The molecule has 1 aromatic rings. The van der Waals surface area contributed by atoms with Gasteiger partial charge in [0.05, 0.1) is 11.7 Å². The molecule has 1 aromatic heterocycles. The molecule has 1 atom stereocenters. The quantitative estimate of drug-likeness (QED) is 0.868. The SMILES string of the molecule is CCOC(C)CNC(=O)c1cn2c3c1CCC=C3CNCC2. The highest BCUT2D eigenvalue weighted by atomic mass is 16.5. The van der Waals surface area contributed by atoms with E-state index in [1.165, 1.54) is 16.8 Å². The average Bonchev–Trinajstić information content (AvgIpc) is 2.76. The van der Waals surface area contributed by atoms with Gasteiger partial charge in [-0.2, -0.15) is 0 Å². The number of hydrogen-bond acceptors (Lipinski definition) is 3. The molecule has 2 aliphatic rings. The maximum absolute atomic E-state index is 12.6. The minimum Gasteiger partial charge on any atom is -0.377 e. The number of ether oxygens (including phenoxy) is 1. The van der Waals surface area contributed by atoms with Gasteiger partial charge >= 0.3 is 0 Å². The number of aromatic nitrogens is 1. The van der Waals surface area contributed by atoms with Gasteiger partial charge in [0.15, 0.2) is 0 Å². The lowest BCUT2D eigenvalue weighted by Gasteiger charge is -2.16. The van der Waals surface area contributed by atoms with Crippen LogP contribution in [0.4, 0.5) is 0 Å². The highest BCUT2D eigenvalue weighted by Crippen LogP contribution is 2.31. The zero-order chi connectivity index (χ0) is 15.5. The van der Waals surface area contributed by atoms with E-state index in [1.807, 2.05) is 20.0 Å². The van der Waals surface area contributed by atoms with Gasteiger partial charge in [0.25, 0.3) is 5.91 Å². The largest absolute Gasteiger partial charge is 0.377 e. The van der Waals surface area contributed by atoms with Crippen LogP contribution in [-0.2, 0) is 17.7 Å². The van der Waals surface area contributed by atoms with Crippen LogP contribution in [0.5, 0.6) is 0 Å². The van der Waals surface area contributed by atoms with Crippen molar-refractivity contribution in [1.29, 1.82) is 0 Å². The molecule has 0 spiro atoms. The summed E-state index contributed by atoms with van der Waals surface area (Å²) in [7, 11) is 0. The highest BCUT2D eigenvalue weighted by molar-refractivity contribution is 5.97. The number of hydrogen-bond donors (Lipinski definition) is 2. The molecule has 0 aromatic carbocycles. The lowest BCUT2D eigenvalue weighted by Crippen LogP contribution is -2.32. The second kappa shape index (κ2) is 6.67. The van der Waals surface area contributed by atoms with Crippen LogP contribution in [0.1, 0.15) is 41.9 Å². The molecule has 0 fully saturated rings. The summed E-state index contributed by atoms with van der Waals surface area (Å²) in [5, 5.41) is 6.45. The monoisotopic (exact) mass is 303 g/mol. The third-order valence-corrected chi connectivity index (χ3v) is 4.36. The van der Waals surface area contributed by atoms with Gasteiger partial charge in [-0.05, 0) is 37.8 Å². The predicted octanol–water partition coefficient (Wildman–Crippen LogP) is 1.58. The molecule has 5 nitrogen and oxygen atoms in total. The molecular formula is C17H25N3O2. The Morgan fingerprint density at radius 2 is 2.41 bits per heavy atom. The molecule has 0 radical (unpaired) electrons. The second-order valence-electron chi connectivity index (χ2n) is 5.98. The molecule has 1 amide bonds. The summed E-state index contributed by atoms with van der Waals surface area (Å²) < 4.78 is 7.71. The van der Waals surface area contributed by atoms with Crippen LogP contribution in [0.15, 0.2) is 12.3 Å². The van der Waals surface area contributed by atoms with Crippen LogP contribution >= 0.6 is 0 Å². The van der Waals surface area contributed by atoms with Gasteiger partial charge in [-0.3, -0.25) is 4.79 Å². The van der Waals surface area contributed by atoms with Crippen molar-refractivity contribution >= 4 is 11.5 Å². The van der Waals surface area contributed by atoms with E-state index >= 15 is 0 Å². The van der Waals surface area contributed by atoms with Gasteiger partial charge in [0.1, 0.15) is 0 Å². The van der Waals surface area contributed by atoms with Crippen molar-refractivity contribution in [2.75, 3.05) is 26.2 Å². The third kappa shape index (κ3) is 2.96. The van der Waals surface area contributed by atoms with Gasteiger partial charge in [-0.15, -0.1) is 0 Å². The summed E-state index contributed by atoms with van der Waals surface area (Å²) in [6, 6.07) is 0. The highest BCUT2D eigenvalue weighted by Gasteiger charge is 2.26. The Morgan fingerprint density at radius 1 is 1.55 bits per heavy atom. The molecule has 1 aliphatic carbocycles. The summed E-state index contributed by atoms with van der Waals surface area (Å²) in [5.74, 6) is 0.0244. The van der Waals surface area contributed by atoms with Crippen LogP contribution in [0.25, 0.3) is 5.57 Å². The lowest BCUT2D eigenvalue weighted by molar-refractivity contribution is 0.0694. The van der Waals surface area contributed by atoms with Crippen molar-refractivity contribution in [3.8, 4) is 0 Å². The predicted molar refractivity (Wildman–Crippen MR) is 87.0 cm³/mol. The number of allylic oxidation sites excluding steroid dienone is 1. The molecule has 0 saturated heterocycles. The summed E-state index contributed by atoms with van der Waals surface area (Å²) in [6.45, 7) is 7.94. The summed E-state index contributed by atoms with van der Waals surface area (Å²) in [5.41, 5.74) is 4.65. The molecule has 3 rings (SSSR count). The minimum atomic E-state index is 0.0244. The molecular weight excluding hydrogens is 278 g/mol. The van der Waals surface area contributed by atoms with Gasteiger partial charge < -0.3 is 19.9 Å². The Kier molecular flexibility index (Phi) is 4.64. The van der Waals surface area contributed by atoms with Crippen molar-refractivity contribution < 1.29 is 9.53 Å². The first-order chi connectivity index (χ1) is 10.7. The van der Waals surface area contributed by atoms with Crippen molar-refractivity contribution in [3.63, 3.8) is 0 Å². The van der Waals surface area contributed by atoms with Crippen LogP contribution in [0, 0.1) is 0 Å². The maximum atomic E-state index is 12.6. The van der Waals surface area contributed by atoms with Gasteiger partial charge in [0.2, 0.25) is 0 Å². The normalized spacial score (nSPS) is 18.2. The van der Waals surface area contributed by atoms with E-state index < -0.39 is 0 Å². The van der Waals surface area contributed by atoms with E-state index in [1.54, 1.807) is 0 Å². The number of nitrogens with one attached hydrogen (secondary N) is 2. The number of amides is 1. The maximum Gasteiger partial charge on any atom is 0.253 e. The molecule has 2 N–H and O–H groups in total. The first kappa shape index (κ1) is 15.3. The van der Waals surface area contributed by atoms with Crippen molar-refractivity contribution in [3.05, 3.63) is 29.1 Å². The zero-order valence-corrected chi connectivity index (χ0v) is 13.4. The molecule has 1 aliphatic heterocycles. The average molecular weight is 303 g/mol. The number of carbonyl (C=O) groups is 1. The molecule has 1 unspecified atom stereocenters. The topological polar surface area (TPSA) is 55.3 Å². The summed E-state index contributed by atoms with van der Waals surface area (Å²) in [4.78, 5) is 12.6. The standard InChI is InChI=1S/C17H25N3O2/c1-3-22-12(2)9-19-17(21)15-11-20-8-7-18-10-13-5-4-6-14(15)16(13)20/h5,11-12,18H,3-4,6-10H2,1-2H3,(H,19,21). The number of carbonyl (C=O) groups excluding carboxylic acids is 1. The van der Waals surface area contributed by atoms with Crippen LogP contribution in [0.3, 0.4) is 0 Å². The minimum absolute atomic E-state index is 0.0244. The van der Waals surface area contributed by atoms with Crippen molar-refractivity contribution in [2.24, 2.45) is 0 Å². The Hall–Kier alpha value is -1.59. The molecule has 22 heavy (non-hydrogen) atoms. The second-order valence-corrected chi connectivity index (χ2v) is 5.98. The van der Waals surface area contributed by atoms with E-state index in [-0.39, 0.29) is 12.0 Å². The Labute approximate surface area is 131 Å². The van der Waals surface area contributed by atoms with Crippen LogP contribution in [0.2, 0.25) is 0 Å². The molecule has 120 valence electrons. The Morgan fingerprint density at radius 3 is 3.23 bits per heavy atom. The molecule has 5 heteroatoms. The first-order valence-corrected chi connectivity index (χ1v) is 8.22. The van der Waals surface area contributed by atoms with E-state index in [0.29, 0.717) is 13.2 Å². The summed E-state index contributed by atoms with van der Waals surface area (Å²) >= 11 is 0. The van der Waals surface area contributed by atoms with E-state index in [4.69, 9.17) is 4.74 Å². The number of rotatable bonds is 5. The Balaban J connectivity index is 1.79. The number of nitrogens with zero attached hydrogens (tertiary/aromatic N) is 1. The van der Waals surface area contributed by atoms with Crippen LogP contribution < -0.4 is 10.6 Å². The van der Waals surface area contributed by atoms with Gasteiger partial charge in [-0.25, -0.2) is 0 Å². The first-order valence-electron chi connectivity index (χ1n) is 8.22. The van der Waals surface area contributed by atoms with Crippen LogP contribution in [-0.4, -0.2) is 42.8 Å². The van der Waals surface area contributed by atoms with E-state index in [9.17, 15) is 4.79 Å². The Bertz CT molecular complexity index is 589. The van der Waals surface area contributed by atoms with Crippen molar-refractivity contribution in [1.82, 2.24) is 15.2 Å². The van der Waals surface area contributed by atoms with Gasteiger partial charge in [0, 0.05) is 44.7 Å². The fraction of sp³-hybridized carbons (Fsp3) is 0.588. The molecule has 0 bridgehead atoms. The molecule has 2 heterocycles. The molecule has 0 saturated carbocycles. The fourth-order valence-electron chi connectivity index (χ4n) is 3.34. The van der Waals surface area contributed by atoms with Gasteiger partial charge in [-0.1, -0.05) is 6.08 Å². The zero-order valence-electron chi connectivity index (χ0n) is 13.4. The van der Waals surface area contributed by atoms with E-state index in [2.05, 4.69) is 21.3 Å².